The van der Waals surface area contributed by atoms with Gasteiger partial charge in [0.05, 0.1) is 38.2 Å². The summed E-state index contributed by atoms with van der Waals surface area (Å²) in [5.74, 6) is 0. The lowest BCUT2D eigenvalue weighted by atomic mass is 9.93. The normalized spacial score (nSPS) is 26.3. The minimum atomic E-state index is -0.938. The highest BCUT2D eigenvalue weighted by Gasteiger charge is 2.62. The number of imidazole rings is 1. The zero-order valence-corrected chi connectivity index (χ0v) is 27.7. The van der Waals surface area contributed by atoms with Crippen molar-refractivity contribution in [3.05, 3.63) is 27.4 Å². The fraction of sp³-hybridized carbons (Fsp3) is 0.769. The Kier molecular flexibility index (Phi) is 7.63. The molecule has 2 aromatic heterocycles. The summed E-state index contributed by atoms with van der Waals surface area (Å²) >= 11 is 3.64. The number of fused-ring (bicyclic) bond motifs is 1. The van der Waals surface area contributed by atoms with Crippen LogP contribution in [0, 0.1) is 0 Å². The fourth-order valence-electron chi connectivity index (χ4n) is 5.06. The van der Waals surface area contributed by atoms with E-state index >= 15 is 0 Å². The zero-order valence-electron chi connectivity index (χ0n) is 24.1. The number of ether oxygens (including phenoxy) is 4. The molecule has 36 heavy (non-hydrogen) atoms. The predicted octanol–water partition coefficient (Wildman–Crippen LogP) is 3.83. The van der Waals surface area contributed by atoms with E-state index in [0.29, 0.717) is 26.0 Å². The highest BCUT2D eigenvalue weighted by molar-refractivity contribution is 9.10. The summed E-state index contributed by atoms with van der Waals surface area (Å²) in [6.07, 6.45) is 0.350. The van der Waals surface area contributed by atoms with Crippen molar-refractivity contribution in [2.75, 3.05) is 0 Å². The van der Waals surface area contributed by atoms with Crippen LogP contribution in [-0.2, 0) is 31.3 Å². The van der Waals surface area contributed by atoms with Crippen LogP contribution in [0.25, 0.3) is 11.0 Å². The van der Waals surface area contributed by atoms with Crippen LogP contribution in [0.2, 0.25) is 0 Å². The average molecular weight is 587 g/mol. The van der Waals surface area contributed by atoms with E-state index in [1.54, 1.807) is 13.2 Å². The fourth-order valence-corrected chi connectivity index (χ4v) is 7.26. The summed E-state index contributed by atoms with van der Waals surface area (Å²) in [6, 6.07) is 1.90. The van der Waals surface area contributed by atoms with Crippen LogP contribution >= 0.6 is 15.9 Å². The zero-order chi connectivity index (χ0) is 27.6. The maximum Gasteiger partial charge on any atom is 0.278 e. The van der Waals surface area contributed by atoms with Crippen LogP contribution in [0.5, 0.6) is 0 Å². The Morgan fingerprint density at radius 3 is 2.06 bits per heavy atom. The van der Waals surface area contributed by atoms with Crippen molar-refractivity contribution in [3.8, 4) is 0 Å². The van der Waals surface area contributed by atoms with Gasteiger partial charge in [-0.2, -0.15) is 0 Å². The summed E-state index contributed by atoms with van der Waals surface area (Å²) in [7, 11) is 2.24. The summed E-state index contributed by atoms with van der Waals surface area (Å²) in [4.78, 5) is 17.5. The van der Waals surface area contributed by atoms with E-state index in [1.165, 1.54) is 4.57 Å². The molecule has 0 N–H and O–H groups in total. The van der Waals surface area contributed by atoms with Gasteiger partial charge in [0.2, 0.25) is 0 Å². The van der Waals surface area contributed by atoms with Gasteiger partial charge in [-0.3, -0.25) is 9.36 Å². The molecule has 1 aliphatic heterocycles. The van der Waals surface area contributed by atoms with Crippen molar-refractivity contribution >= 4 is 37.2 Å². The summed E-state index contributed by atoms with van der Waals surface area (Å²) < 4.78 is 31.1. The molecule has 8 nitrogen and oxygen atoms in total. The van der Waals surface area contributed by atoms with E-state index in [2.05, 4.69) is 20.9 Å². The maximum atomic E-state index is 12.9. The van der Waals surface area contributed by atoms with Crippen LogP contribution in [-0.4, -0.2) is 65.1 Å². The van der Waals surface area contributed by atoms with E-state index in [0.717, 1.165) is 0 Å². The number of pyridine rings is 1. The first kappa shape index (κ1) is 29.5. The van der Waals surface area contributed by atoms with Gasteiger partial charge in [-0.05, 0) is 98.2 Å². The molecule has 1 saturated heterocycles. The largest absolute Gasteiger partial charge is 0.367 e. The van der Waals surface area contributed by atoms with Gasteiger partial charge in [0, 0.05) is 13.2 Å². The smallest absolute Gasteiger partial charge is 0.278 e. The van der Waals surface area contributed by atoms with Crippen molar-refractivity contribution in [2.45, 2.75) is 122 Å². The summed E-state index contributed by atoms with van der Waals surface area (Å²) in [5.41, 5.74) is -1.15. The van der Waals surface area contributed by atoms with Crippen molar-refractivity contribution < 1.29 is 18.9 Å². The number of aromatic nitrogens is 3. The quantitative estimate of drug-likeness (QED) is 0.496. The van der Waals surface area contributed by atoms with E-state index in [1.807, 2.05) is 86.8 Å². The van der Waals surface area contributed by atoms with Gasteiger partial charge in [-0.25, -0.2) is 4.98 Å². The second-order valence-corrected chi connectivity index (χ2v) is 15.6. The third-order valence-electron chi connectivity index (χ3n) is 6.01. The molecule has 0 spiro atoms. The first-order valence-corrected chi connectivity index (χ1v) is 14.3. The van der Waals surface area contributed by atoms with E-state index < -0.39 is 46.1 Å². The van der Waals surface area contributed by atoms with Crippen molar-refractivity contribution in [1.29, 1.82) is 0 Å². The lowest BCUT2D eigenvalue weighted by molar-refractivity contribution is -0.214. The molecule has 204 valence electrons. The topological polar surface area (TPSA) is 76.7 Å². The third-order valence-corrected chi connectivity index (χ3v) is 7.79. The molecule has 0 saturated carbocycles. The molecule has 0 amide bonds. The first-order valence-electron chi connectivity index (χ1n) is 12.5. The Labute approximate surface area is 226 Å². The van der Waals surface area contributed by atoms with Crippen molar-refractivity contribution in [2.24, 2.45) is 7.05 Å². The predicted molar refractivity (Wildman–Crippen MR) is 150 cm³/mol. The maximum absolute atomic E-state index is 12.9. The Balaban J connectivity index is 2.30. The Hall–Kier alpha value is -1.04. The average Bonchev–Trinajstić information content (AvgIpc) is 3.11. The molecule has 0 aromatic carbocycles. The van der Waals surface area contributed by atoms with Gasteiger partial charge in [0.1, 0.15) is 23.7 Å². The Morgan fingerprint density at radius 1 is 1.00 bits per heavy atom. The number of hydrogen-bond acceptors (Lipinski definition) is 6. The molecule has 0 aliphatic carbocycles. The number of nitrogens with zero attached hydrogens (tertiary/aromatic N) is 3. The molecule has 0 unspecified atom stereocenters. The highest BCUT2D eigenvalue weighted by Crippen LogP contribution is 2.47. The van der Waals surface area contributed by atoms with Crippen LogP contribution in [0.15, 0.2) is 21.8 Å². The summed E-state index contributed by atoms with van der Waals surface area (Å²) in [6.45, 7) is 22.4. The Morgan fingerprint density at radius 2 is 1.56 bits per heavy atom. The van der Waals surface area contributed by atoms with Gasteiger partial charge in [-0.1, -0.05) is 0 Å². The lowest BCUT2D eigenvalue weighted by Crippen LogP contribution is -2.54. The number of halogens is 1. The molecule has 4 atom stereocenters. The van der Waals surface area contributed by atoms with Gasteiger partial charge >= 0.3 is 0 Å². The molecular formula is C26H44BrN3O5Si. The van der Waals surface area contributed by atoms with E-state index in [4.69, 9.17) is 18.9 Å². The lowest BCUT2D eigenvalue weighted by Gasteiger charge is -2.41. The van der Waals surface area contributed by atoms with Gasteiger partial charge in [-0.15, -0.1) is 0 Å². The Bertz CT molecular complexity index is 1170. The molecule has 3 rings (SSSR count). The minimum Gasteiger partial charge on any atom is -0.367 e. The van der Waals surface area contributed by atoms with Crippen molar-refractivity contribution in [1.82, 2.24) is 14.1 Å². The molecule has 2 aromatic rings. The number of aryl methyl sites for hydroxylation is 1. The molecular weight excluding hydrogens is 542 g/mol. The number of rotatable bonds is 5. The minimum absolute atomic E-state index is 0.168. The summed E-state index contributed by atoms with van der Waals surface area (Å²) in [5, 5.41) is -0.938. The van der Waals surface area contributed by atoms with E-state index in [9.17, 15) is 4.79 Å². The first-order chi connectivity index (χ1) is 16.1. The van der Waals surface area contributed by atoms with Gasteiger partial charge in [0.25, 0.3) is 5.56 Å². The van der Waals surface area contributed by atoms with Crippen LogP contribution < -0.4 is 5.56 Å². The molecule has 1 fully saturated rings. The second-order valence-electron chi connectivity index (χ2n) is 13.4. The molecule has 3 heterocycles. The number of hydrogen-bond donors (Lipinski definition) is 0. The third kappa shape index (κ3) is 5.99. The van der Waals surface area contributed by atoms with Crippen LogP contribution in [0.4, 0.5) is 0 Å². The van der Waals surface area contributed by atoms with E-state index in [-0.39, 0.29) is 5.56 Å². The molecule has 1 aliphatic rings. The molecule has 0 radical (unpaired) electrons. The second kappa shape index (κ2) is 9.31. The van der Waals surface area contributed by atoms with Crippen LogP contribution in [0.3, 0.4) is 0 Å². The van der Waals surface area contributed by atoms with Gasteiger partial charge < -0.3 is 23.5 Å². The molecule has 0 bridgehead atoms. The monoisotopic (exact) mass is 585 g/mol. The standard InChI is InChI=1S/C26H44BrN3O5Si/c1-22(2,3)32-17-18(25(10,11)35-24(7,8)9)34-26(36,19(17)33-23(4,5)6)30-15-13-14-29(12)20(31)16(15)28-21(30)27/h13-14,17-19H,1-12,36H3/t17-,18+,19-,26-/m1/s1. The highest BCUT2D eigenvalue weighted by atomic mass is 79.9. The SMILES string of the molecule is Cn1ccc2c(nc(Br)n2[C@@]2([SiH3])O[C@H](C(C)(C)OC(C)(C)C)[C@@H](OC(C)(C)C)[C@H]2OC(C)(C)C)c1=O. The van der Waals surface area contributed by atoms with Gasteiger partial charge in [0.15, 0.2) is 10.3 Å². The van der Waals surface area contributed by atoms with Crippen molar-refractivity contribution in [3.63, 3.8) is 0 Å². The molecule has 10 heteroatoms. The van der Waals surface area contributed by atoms with Crippen LogP contribution in [0.1, 0.15) is 76.2 Å².